The molecule has 7 heteroatoms. The molecule has 0 unspecified atom stereocenters. The molecule has 0 saturated heterocycles. The Bertz CT molecular complexity index is 599. The molecule has 0 aliphatic rings. The van der Waals surface area contributed by atoms with Gasteiger partial charge < -0.3 is 5.73 Å². The molecule has 0 aliphatic heterocycles. The highest BCUT2D eigenvalue weighted by atomic mass is 35.5. The predicted octanol–water partition coefficient (Wildman–Crippen LogP) is 3.19. The van der Waals surface area contributed by atoms with Gasteiger partial charge in [0.1, 0.15) is 11.0 Å². The minimum Gasteiger partial charge on any atom is -0.330 e. The van der Waals surface area contributed by atoms with E-state index >= 15 is 0 Å². The van der Waals surface area contributed by atoms with Crippen molar-refractivity contribution in [2.24, 2.45) is 5.73 Å². The van der Waals surface area contributed by atoms with Gasteiger partial charge in [0.2, 0.25) is 0 Å². The maximum Gasteiger partial charge on any atom is 0.416 e. The smallest absolute Gasteiger partial charge is 0.330 e. The molecule has 2 rings (SSSR count). The van der Waals surface area contributed by atoms with E-state index in [1.807, 2.05) is 0 Å². The zero-order valence-corrected chi connectivity index (χ0v) is 10.6. The van der Waals surface area contributed by atoms with E-state index in [9.17, 15) is 13.2 Å². The zero-order chi connectivity index (χ0) is 14.0. The van der Waals surface area contributed by atoms with Crippen LogP contribution in [0.1, 0.15) is 17.8 Å². The Morgan fingerprint density at radius 2 is 1.95 bits per heavy atom. The second-order valence-corrected chi connectivity index (χ2v) is 4.41. The van der Waals surface area contributed by atoms with Gasteiger partial charge in [0, 0.05) is 11.8 Å². The second-order valence-electron chi connectivity index (χ2n) is 4.05. The van der Waals surface area contributed by atoms with Crippen molar-refractivity contribution in [2.45, 2.75) is 19.0 Å². The molecule has 0 amide bonds. The predicted molar refractivity (Wildman–Crippen MR) is 66.9 cm³/mol. The maximum absolute atomic E-state index is 12.6. The third-order valence-electron chi connectivity index (χ3n) is 2.63. The number of aryl methyl sites for hydroxylation is 1. The van der Waals surface area contributed by atoms with Crippen molar-refractivity contribution in [1.29, 1.82) is 0 Å². The van der Waals surface area contributed by atoms with Crippen molar-refractivity contribution >= 4 is 22.5 Å². The molecular formula is C12H11ClF3N3. The first-order valence-electron chi connectivity index (χ1n) is 5.65. The van der Waals surface area contributed by atoms with E-state index in [1.54, 1.807) is 0 Å². The number of halogens is 4. The molecular weight excluding hydrogens is 279 g/mol. The van der Waals surface area contributed by atoms with Gasteiger partial charge in [0.15, 0.2) is 0 Å². The number of nitrogens with zero attached hydrogens (tertiary/aromatic N) is 2. The van der Waals surface area contributed by atoms with Crippen LogP contribution in [0.3, 0.4) is 0 Å². The zero-order valence-electron chi connectivity index (χ0n) is 9.84. The SMILES string of the molecule is NCCCc1nc(Cl)c2ccc(C(F)(F)F)cc2n1. The molecule has 1 aromatic heterocycles. The Morgan fingerprint density at radius 3 is 2.58 bits per heavy atom. The Balaban J connectivity index is 2.50. The van der Waals surface area contributed by atoms with E-state index < -0.39 is 11.7 Å². The molecule has 0 atom stereocenters. The highest BCUT2D eigenvalue weighted by Gasteiger charge is 2.30. The molecule has 1 aromatic carbocycles. The summed E-state index contributed by atoms with van der Waals surface area (Å²) in [4.78, 5) is 8.14. The van der Waals surface area contributed by atoms with E-state index in [2.05, 4.69) is 9.97 Å². The summed E-state index contributed by atoms with van der Waals surface area (Å²) in [6, 6.07) is 3.24. The summed E-state index contributed by atoms with van der Waals surface area (Å²) in [5.74, 6) is 0.405. The molecule has 1 heterocycles. The first kappa shape index (κ1) is 14.0. The minimum atomic E-state index is -4.40. The highest BCUT2D eigenvalue weighted by Crippen LogP contribution is 2.32. The molecule has 0 aliphatic carbocycles. The molecule has 3 nitrogen and oxygen atoms in total. The van der Waals surface area contributed by atoms with Crippen LogP contribution in [0.2, 0.25) is 5.15 Å². The summed E-state index contributed by atoms with van der Waals surface area (Å²) in [6.45, 7) is 0.460. The van der Waals surface area contributed by atoms with Gasteiger partial charge in [-0.2, -0.15) is 13.2 Å². The fourth-order valence-electron chi connectivity index (χ4n) is 1.68. The summed E-state index contributed by atoms with van der Waals surface area (Å²) in [5.41, 5.74) is 4.82. The molecule has 0 bridgehead atoms. The molecule has 0 spiro atoms. The van der Waals surface area contributed by atoms with Gasteiger partial charge in [-0.3, -0.25) is 0 Å². The van der Waals surface area contributed by atoms with Crippen LogP contribution in [0.4, 0.5) is 13.2 Å². The molecule has 19 heavy (non-hydrogen) atoms. The first-order valence-corrected chi connectivity index (χ1v) is 6.03. The average Bonchev–Trinajstić information content (AvgIpc) is 2.34. The number of benzene rings is 1. The van der Waals surface area contributed by atoms with Crippen LogP contribution in [-0.4, -0.2) is 16.5 Å². The lowest BCUT2D eigenvalue weighted by atomic mass is 10.1. The molecule has 0 saturated carbocycles. The number of nitrogens with two attached hydrogens (primary N) is 1. The van der Waals surface area contributed by atoms with Crippen molar-refractivity contribution in [3.8, 4) is 0 Å². The summed E-state index contributed by atoms with van der Waals surface area (Å²) in [7, 11) is 0. The maximum atomic E-state index is 12.6. The third kappa shape index (κ3) is 3.13. The van der Waals surface area contributed by atoms with Gasteiger partial charge in [0.25, 0.3) is 0 Å². The Hall–Kier alpha value is -1.40. The summed E-state index contributed by atoms with van der Waals surface area (Å²) < 4.78 is 37.9. The van der Waals surface area contributed by atoms with E-state index in [0.717, 1.165) is 12.1 Å². The molecule has 2 aromatic rings. The summed E-state index contributed by atoms with van der Waals surface area (Å²) >= 11 is 5.94. The standard InChI is InChI=1S/C12H11ClF3N3/c13-11-8-4-3-7(12(14,15)16)6-9(8)18-10(19-11)2-1-5-17/h3-4,6H,1-2,5,17H2. The fourth-order valence-corrected chi connectivity index (χ4v) is 1.94. The number of hydrogen-bond acceptors (Lipinski definition) is 3. The summed E-state index contributed by atoms with van der Waals surface area (Å²) in [5, 5.41) is 0.567. The van der Waals surface area contributed by atoms with Crippen LogP contribution in [0.25, 0.3) is 10.9 Å². The topological polar surface area (TPSA) is 51.8 Å². The van der Waals surface area contributed by atoms with Crippen LogP contribution in [0.15, 0.2) is 18.2 Å². The van der Waals surface area contributed by atoms with E-state index in [0.29, 0.717) is 30.6 Å². The molecule has 0 fully saturated rings. The van der Waals surface area contributed by atoms with Gasteiger partial charge >= 0.3 is 6.18 Å². The monoisotopic (exact) mass is 289 g/mol. The van der Waals surface area contributed by atoms with Crippen LogP contribution in [0.5, 0.6) is 0 Å². The number of rotatable bonds is 3. The lowest BCUT2D eigenvalue weighted by molar-refractivity contribution is -0.137. The largest absolute Gasteiger partial charge is 0.416 e. The van der Waals surface area contributed by atoms with Crippen LogP contribution in [-0.2, 0) is 12.6 Å². The molecule has 0 radical (unpaired) electrons. The van der Waals surface area contributed by atoms with Crippen molar-refractivity contribution in [2.75, 3.05) is 6.54 Å². The van der Waals surface area contributed by atoms with Crippen LogP contribution in [0, 0.1) is 0 Å². The minimum absolute atomic E-state index is 0.158. The Kier molecular flexibility index (Phi) is 3.91. The number of hydrogen-bond donors (Lipinski definition) is 1. The van der Waals surface area contributed by atoms with Gasteiger partial charge in [-0.1, -0.05) is 11.6 Å². The van der Waals surface area contributed by atoms with Crippen LogP contribution < -0.4 is 5.73 Å². The lowest BCUT2D eigenvalue weighted by Gasteiger charge is -2.09. The van der Waals surface area contributed by atoms with Gasteiger partial charge in [-0.25, -0.2) is 9.97 Å². The Morgan fingerprint density at radius 1 is 1.21 bits per heavy atom. The van der Waals surface area contributed by atoms with Crippen molar-refractivity contribution < 1.29 is 13.2 Å². The molecule has 102 valence electrons. The third-order valence-corrected chi connectivity index (χ3v) is 2.92. The van der Waals surface area contributed by atoms with E-state index in [-0.39, 0.29) is 10.7 Å². The second kappa shape index (κ2) is 5.30. The van der Waals surface area contributed by atoms with E-state index in [4.69, 9.17) is 17.3 Å². The van der Waals surface area contributed by atoms with Crippen LogP contribution >= 0.6 is 11.6 Å². The average molecular weight is 290 g/mol. The van der Waals surface area contributed by atoms with Crippen molar-refractivity contribution in [3.05, 3.63) is 34.7 Å². The highest BCUT2D eigenvalue weighted by molar-refractivity contribution is 6.34. The van der Waals surface area contributed by atoms with Gasteiger partial charge in [-0.15, -0.1) is 0 Å². The lowest BCUT2D eigenvalue weighted by Crippen LogP contribution is -2.06. The number of alkyl halides is 3. The quantitative estimate of drug-likeness (QED) is 0.883. The fraction of sp³-hybridized carbons (Fsp3) is 0.333. The summed E-state index contributed by atoms with van der Waals surface area (Å²) in [6.07, 6.45) is -3.26. The Labute approximate surface area is 112 Å². The number of fused-ring (bicyclic) bond motifs is 1. The molecule has 2 N–H and O–H groups in total. The first-order chi connectivity index (χ1) is 8.91. The number of aromatic nitrogens is 2. The normalized spacial score (nSPS) is 12.1. The van der Waals surface area contributed by atoms with Crippen molar-refractivity contribution in [3.63, 3.8) is 0 Å². The van der Waals surface area contributed by atoms with Gasteiger partial charge in [-0.05, 0) is 31.2 Å². The van der Waals surface area contributed by atoms with E-state index in [1.165, 1.54) is 6.07 Å². The van der Waals surface area contributed by atoms with Gasteiger partial charge in [0.05, 0.1) is 11.1 Å². The van der Waals surface area contributed by atoms with Crippen molar-refractivity contribution in [1.82, 2.24) is 9.97 Å².